The number of carbonyl (C=O) groups excluding carboxylic acids is 4. The van der Waals surface area contributed by atoms with Crippen molar-refractivity contribution in [3.63, 3.8) is 0 Å². The third-order valence-corrected chi connectivity index (χ3v) is 12.6. The fraction of sp³-hybridized carbons (Fsp3) is 0.657. The van der Waals surface area contributed by atoms with Gasteiger partial charge in [0.1, 0.15) is 18.3 Å². The summed E-state index contributed by atoms with van der Waals surface area (Å²) in [6.45, 7) is 15.6. The minimum absolute atomic E-state index is 0.0840. The molecule has 7 aliphatic rings. The van der Waals surface area contributed by atoms with Gasteiger partial charge in [-0.05, 0) is 52.0 Å². The molecule has 2 saturated heterocycles. The Morgan fingerprint density at radius 1 is 1.14 bits per heavy atom. The molecule has 0 aromatic rings. The Bertz CT molecular complexity index is 1480. The first-order valence-electron chi connectivity index (χ1n) is 15.7. The average Bonchev–Trinajstić information content (AvgIpc) is 3.57. The van der Waals surface area contributed by atoms with Crippen LogP contribution < -0.4 is 0 Å². The van der Waals surface area contributed by atoms with Crippen LogP contribution >= 0.6 is 0 Å². The third kappa shape index (κ3) is 3.36. The SMILES string of the molecule is C=C1C(=O)O[C@@H]2[C@H]1CC[C@@](C)(O)[C@]13C=C[C@@](C)([C@H]21)[C@]1(C3)C(=O)O[C@@H]2[C@H]3C(C)=CC(=O)C3=C(C)C[C@H](OC(=O)CC(C)C)[C@H]21. The molecule has 2 aliphatic heterocycles. The van der Waals surface area contributed by atoms with Crippen molar-refractivity contribution in [3.8, 4) is 0 Å². The number of ketones is 1. The summed E-state index contributed by atoms with van der Waals surface area (Å²) in [5.74, 6) is -2.87. The highest BCUT2D eigenvalue weighted by Crippen LogP contribution is 2.80. The van der Waals surface area contributed by atoms with Crippen LogP contribution in [0.1, 0.15) is 73.6 Å². The minimum Gasteiger partial charge on any atom is -0.462 e. The molecule has 8 heteroatoms. The first-order valence-corrected chi connectivity index (χ1v) is 15.7. The number of aliphatic hydroxyl groups is 1. The van der Waals surface area contributed by atoms with Gasteiger partial charge in [-0.2, -0.15) is 0 Å². The van der Waals surface area contributed by atoms with E-state index >= 15 is 0 Å². The zero-order valence-electron chi connectivity index (χ0n) is 25.9. The summed E-state index contributed by atoms with van der Waals surface area (Å²) in [6.07, 6.45) is 5.52. The van der Waals surface area contributed by atoms with E-state index in [9.17, 15) is 24.3 Å². The van der Waals surface area contributed by atoms with Crippen molar-refractivity contribution in [2.45, 2.75) is 97.6 Å². The molecule has 43 heavy (non-hydrogen) atoms. The quantitative estimate of drug-likeness (QED) is 0.220. The molecule has 5 aliphatic carbocycles. The lowest BCUT2D eigenvalue weighted by molar-refractivity contribution is -0.162. The molecule has 0 unspecified atom stereocenters. The van der Waals surface area contributed by atoms with Gasteiger partial charge in [-0.1, -0.05) is 50.6 Å². The van der Waals surface area contributed by atoms with Gasteiger partial charge >= 0.3 is 17.9 Å². The zero-order valence-corrected chi connectivity index (χ0v) is 25.9. The standard InChI is InChI=1S/C35H42O8/c1-16(2)12-23(37)41-22-14-18(4)24-21(36)13-17(3)25(24)28-26(22)35(31(39)43-28)15-34-11-10-32(35,6)29(34)27-20(8-9-33(34,7)40)19(5)30(38)42-27/h10-11,13,16,20,22,25-29,40H,5,8-9,12,14-15H2,1-4,6-7H3/t20-,22-,25-,26+,27+,28+,29-,32-,33+,34-,35-/m0/s1. The Kier molecular flexibility index (Phi) is 5.88. The number of esters is 3. The van der Waals surface area contributed by atoms with Gasteiger partial charge in [0, 0.05) is 52.6 Å². The van der Waals surface area contributed by atoms with Gasteiger partial charge in [0.15, 0.2) is 5.78 Å². The van der Waals surface area contributed by atoms with E-state index in [1.807, 2.05) is 47.6 Å². The Hall–Kier alpha value is -3.00. The lowest BCUT2D eigenvalue weighted by atomic mass is 9.54. The monoisotopic (exact) mass is 590 g/mol. The van der Waals surface area contributed by atoms with Crippen LogP contribution in [0.3, 0.4) is 0 Å². The second-order valence-electron chi connectivity index (χ2n) is 15.2. The van der Waals surface area contributed by atoms with E-state index in [-0.39, 0.29) is 36.4 Å². The molecule has 8 nitrogen and oxygen atoms in total. The van der Waals surface area contributed by atoms with E-state index in [1.54, 1.807) is 6.08 Å². The van der Waals surface area contributed by atoms with Gasteiger partial charge < -0.3 is 19.3 Å². The van der Waals surface area contributed by atoms with E-state index < -0.39 is 69.9 Å². The molecule has 1 N–H and O–H groups in total. The van der Waals surface area contributed by atoms with E-state index in [4.69, 9.17) is 14.2 Å². The first-order chi connectivity index (χ1) is 20.1. The number of carbonyl (C=O) groups is 4. The Labute approximate surface area is 252 Å². The summed E-state index contributed by atoms with van der Waals surface area (Å²) in [5, 5.41) is 12.3. The lowest BCUT2D eigenvalue weighted by Gasteiger charge is -2.46. The summed E-state index contributed by atoms with van der Waals surface area (Å²) in [4.78, 5) is 54.1. The van der Waals surface area contributed by atoms with Crippen molar-refractivity contribution >= 4 is 23.7 Å². The normalized spacial score (nSPS) is 47.6. The van der Waals surface area contributed by atoms with Crippen molar-refractivity contribution < 1.29 is 38.5 Å². The van der Waals surface area contributed by atoms with Crippen molar-refractivity contribution in [1.29, 1.82) is 0 Å². The van der Waals surface area contributed by atoms with Gasteiger partial charge in [-0.25, -0.2) is 4.79 Å². The Balaban J connectivity index is 1.42. The maximum atomic E-state index is 14.7. The summed E-state index contributed by atoms with van der Waals surface area (Å²) in [7, 11) is 0. The number of allylic oxidation sites excluding steroid dienone is 2. The molecule has 0 aromatic carbocycles. The van der Waals surface area contributed by atoms with Crippen LogP contribution in [0.25, 0.3) is 0 Å². The summed E-state index contributed by atoms with van der Waals surface area (Å²) < 4.78 is 18.8. The first kappa shape index (κ1) is 28.8. The fourth-order valence-corrected chi connectivity index (χ4v) is 10.7. The topological polar surface area (TPSA) is 116 Å². The summed E-state index contributed by atoms with van der Waals surface area (Å²) in [6, 6.07) is 0. The highest BCUT2D eigenvalue weighted by Gasteiger charge is 2.84. The molecule has 2 saturated carbocycles. The molecular formula is C35H42O8. The lowest BCUT2D eigenvalue weighted by Crippen LogP contribution is -2.53. The molecule has 0 amide bonds. The van der Waals surface area contributed by atoms with Crippen LogP contribution in [-0.4, -0.2) is 52.7 Å². The number of fused-ring (bicyclic) bond motifs is 6. The van der Waals surface area contributed by atoms with Crippen molar-refractivity contribution in [2.75, 3.05) is 0 Å². The predicted octanol–water partition coefficient (Wildman–Crippen LogP) is 4.56. The van der Waals surface area contributed by atoms with Crippen molar-refractivity contribution in [1.82, 2.24) is 0 Å². The Morgan fingerprint density at radius 3 is 2.56 bits per heavy atom. The maximum Gasteiger partial charge on any atom is 0.334 e. The molecule has 0 radical (unpaired) electrons. The third-order valence-electron chi connectivity index (χ3n) is 12.6. The van der Waals surface area contributed by atoms with Gasteiger partial charge in [0.2, 0.25) is 0 Å². The zero-order chi connectivity index (χ0) is 31.0. The molecular weight excluding hydrogens is 548 g/mol. The van der Waals surface area contributed by atoms with Gasteiger partial charge in [-0.15, -0.1) is 0 Å². The van der Waals surface area contributed by atoms with E-state index in [1.165, 1.54) is 0 Å². The highest BCUT2D eigenvalue weighted by molar-refractivity contribution is 6.09. The average molecular weight is 591 g/mol. The molecule has 1 spiro atoms. The van der Waals surface area contributed by atoms with Crippen LogP contribution in [-0.2, 0) is 33.4 Å². The van der Waals surface area contributed by atoms with Crippen molar-refractivity contribution in [3.05, 3.63) is 47.1 Å². The van der Waals surface area contributed by atoms with Crippen LogP contribution in [0.4, 0.5) is 0 Å². The number of ether oxygens (including phenoxy) is 3. The highest BCUT2D eigenvalue weighted by atomic mass is 16.6. The number of hydrogen-bond donors (Lipinski definition) is 1. The van der Waals surface area contributed by atoms with Gasteiger partial charge in [-0.3, -0.25) is 14.4 Å². The molecule has 2 bridgehead atoms. The van der Waals surface area contributed by atoms with E-state index in [2.05, 4.69) is 12.7 Å². The largest absolute Gasteiger partial charge is 0.462 e. The van der Waals surface area contributed by atoms with Gasteiger partial charge in [0.05, 0.1) is 16.9 Å². The minimum atomic E-state index is -1.21. The van der Waals surface area contributed by atoms with Crippen molar-refractivity contribution in [2.24, 2.45) is 45.8 Å². The van der Waals surface area contributed by atoms with Crippen LogP contribution in [0.5, 0.6) is 0 Å². The molecule has 7 rings (SSSR count). The smallest absolute Gasteiger partial charge is 0.334 e. The molecule has 2 heterocycles. The maximum absolute atomic E-state index is 14.7. The second-order valence-corrected chi connectivity index (χ2v) is 15.2. The number of rotatable bonds is 3. The van der Waals surface area contributed by atoms with Crippen LogP contribution in [0.2, 0.25) is 0 Å². The molecule has 0 aromatic heterocycles. The Morgan fingerprint density at radius 2 is 1.86 bits per heavy atom. The fourth-order valence-electron chi connectivity index (χ4n) is 10.7. The van der Waals surface area contributed by atoms with Crippen LogP contribution in [0.15, 0.2) is 47.1 Å². The summed E-state index contributed by atoms with van der Waals surface area (Å²) >= 11 is 0. The van der Waals surface area contributed by atoms with E-state index in [0.29, 0.717) is 30.4 Å². The molecule has 230 valence electrons. The van der Waals surface area contributed by atoms with Crippen LogP contribution in [0, 0.1) is 45.8 Å². The predicted molar refractivity (Wildman–Crippen MR) is 155 cm³/mol. The second kappa shape index (κ2) is 8.80. The van der Waals surface area contributed by atoms with E-state index in [0.717, 1.165) is 11.1 Å². The van der Waals surface area contributed by atoms with Gasteiger partial charge in [0.25, 0.3) is 0 Å². The molecule has 11 atom stereocenters. The summed E-state index contributed by atoms with van der Waals surface area (Å²) in [5.41, 5.74) is -1.47. The molecule has 4 fully saturated rings. The number of hydrogen-bond acceptors (Lipinski definition) is 8.